The van der Waals surface area contributed by atoms with Crippen molar-refractivity contribution >= 4 is 11.9 Å². The molecule has 17 heavy (non-hydrogen) atoms. The topological polar surface area (TPSA) is 57.6 Å². The number of amides is 1. The number of hydrogen-bond donors (Lipinski definition) is 1. The molecule has 0 unspecified atom stereocenters. The number of carboxylic acids is 1. The Hall–Kier alpha value is -1.06. The van der Waals surface area contributed by atoms with E-state index >= 15 is 0 Å². The maximum Gasteiger partial charge on any atom is 0.308 e. The maximum atomic E-state index is 12.4. The Morgan fingerprint density at radius 2 is 2.06 bits per heavy atom. The standard InChI is InChI=1S/C13H21NO3/c1-2-13(6-4-7-13)12(17)14-8-3-5-10(9-14)11(15)16/h10H,2-9H2,1H3,(H,15,16)/t10-/m1/s1. The molecule has 0 aromatic heterocycles. The maximum absolute atomic E-state index is 12.4. The van der Waals surface area contributed by atoms with Gasteiger partial charge in [0, 0.05) is 18.5 Å². The molecular weight excluding hydrogens is 218 g/mol. The number of carbonyl (C=O) groups is 2. The molecule has 2 aliphatic rings. The van der Waals surface area contributed by atoms with E-state index in [2.05, 4.69) is 6.92 Å². The van der Waals surface area contributed by atoms with Crippen molar-refractivity contribution in [2.45, 2.75) is 45.4 Å². The molecule has 1 aliphatic heterocycles. The van der Waals surface area contributed by atoms with Gasteiger partial charge in [0.2, 0.25) is 5.91 Å². The van der Waals surface area contributed by atoms with Crippen LogP contribution < -0.4 is 0 Å². The van der Waals surface area contributed by atoms with Crippen LogP contribution in [0.2, 0.25) is 0 Å². The summed E-state index contributed by atoms with van der Waals surface area (Å²) in [5.41, 5.74) is -0.152. The zero-order valence-electron chi connectivity index (χ0n) is 10.4. The minimum absolute atomic E-state index is 0.152. The molecule has 2 rings (SSSR count). The molecule has 4 heteroatoms. The van der Waals surface area contributed by atoms with Crippen LogP contribution in [0.4, 0.5) is 0 Å². The summed E-state index contributed by atoms with van der Waals surface area (Å²) in [5, 5.41) is 9.03. The van der Waals surface area contributed by atoms with Gasteiger partial charge in [-0.3, -0.25) is 9.59 Å². The van der Waals surface area contributed by atoms with Gasteiger partial charge in [0.15, 0.2) is 0 Å². The Labute approximate surface area is 102 Å². The summed E-state index contributed by atoms with van der Waals surface area (Å²) < 4.78 is 0. The normalized spacial score (nSPS) is 27.4. The predicted octanol–water partition coefficient (Wildman–Crippen LogP) is 1.89. The molecule has 0 radical (unpaired) electrons. The van der Waals surface area contributed by atoms with Crippen LogP contribution in [0, 0.1) is 11.3 Å². The van der Waals surface area contributed by atoms with Crippen LogP contribution in [0.1, 0.15) is 45.4 Å². The monoisotopic (exact) mass is 239 g/mol. The Kier molecular flexibility index (Phi) is 3.40. The molecule has 0 aromatic carbocycles. The summed E-state index contributed by atoms with van der Waals surface area (Å²) in [6.45, 7) is 3.22. The SMILES string of the molecule is CCC1(C(=O)N2CCC[C@@H](C(=O)O)C2)CCC1. The molecule has 1 N–H and O–H groups in total. The third kappa shape index (κ3) is 2.17. The first-order valence-electron chi connectivity index (χ1n) is 6.61. The zero-order valence-corrected chi connectivity index (χ0v) is 10.4. The van der Waals surface area contributed by atoms with Gasteiger partial charge in [-0.15, -0.1) is 0 Å². The Morgan fingerprint density at radius 3 is 2.53 bits per heavy atom. The van der Waals surface area contributed by atoms with Crippen LogP contribution in [0.25, 0.3) is 0 Å². The van der Waals surface area contributed by atoms with Crippen molar-refractivity contribution in [1.82, 2.24) is 4.90 Å². The lowest BCUT2D eigenvalue weighted by Crippen LogP contribution is -2.51. The van der Waals surface area contributed by atoms with Crippen LogP contribution in [0.3, 0.4) is 0 Å². The smallest absolute Gasteiger partial charge is 0.308 e. The zero-order chi connectivity index (χ0) is 12.5. The predicted molar refractivity (Wildman–Crippen MR) is 63.5 cm³/mol. The molecule has 96 valence electrons. The van der Waals surface area contributed by atoms with E-state index in [1.807, 2.05) is 0 Å². The summed E-state index contributed by atoms with van der Waals surface area (Å²) in [4.78, 5) is 25.2. The quantitative estimate of drug-likeness (QED) is 0.818. The van der Waals surface area contributed by atoms with E-state index in [9.17, 15) is 9.59 Å². The molecule has 1 amide bonds. The fraction of sp³-hybridized carbons (Fsp3) is 0.846. The molecule has 1 aliphatic carbocycles. The fourth-order valence-corrected chi connectivity index (χ4v) is 3.02. The number of carbonyl (C=O) groups excluding carboxylic acids is 1. The van der Waals surface area contributed by atoms with Crippen LogP contribution in [-0.4, -0.2) is 35.0 Å². The summed E-state index contributed by atoms with van der Waals surface area (Å²) in [6.07, 6.45) is 5.52. The summed E-state index contributed by atoms with van der Waals surface area (Å²) in [5.74, 6) is -0.916. The molecule has 0 spiro atoms. The summed E-state index contributed by atoms with van der Waals surface area (Å²) >= 11 is 0. The molecule has 1 saturated heterocycles. The van der Waals surface area contributed by atoms with Crippen molar-refractivity contribution in [2.24, 2.45) is 11.3 Å². The van der Waals surface area contributed by atoms with Crippen molar-refractivity contribution in [3.63, 3.8) is 0 Å². The Balaban J connectivity index is 2.02. The van der Waals surface area contributed by atoms with E-state index < -0.39 is 5.97 Å². The molecule has 2 fully saturated rings. The second kappa shape index (κ2) is 4.67. The highest BCUT2D eigenvalue weighted by molar-refractivity contribution is 5.84. The van der Waals surface area contributed by atoms with Gasteiger partial charge in [-0.2, -0.15) is 0 Å². The van der Waals surface area contributed by atoms with E-state index in [1.165, 1.54) is 0 Å². The lowest BCUT2D eigenvalue weighted by Gasteiger charge is -2.44. The van der Waals surface area contributed by atoms with Crippen molar-refractivity contribution in [2.75, 3.05) is 13.1 Å². The second-order valence-electron chi connectivity index (χ2n) is 5.42. The largest absolute Gasteiger partial charge is 0.481 e. The van der Waals surface area contributed by atoms with Gasteiger partial charge in [-0.1, -0.05) is 13.3 Å². The number of carboxylic acid groups (broad SMARTS) is 1. The fourth-order valence-electron chi connectivity index (χ4n) is 3.02. The molecule has 1 heterocycles. The lowest BCUT2D eigenvalue weighted by molar-refractivity contribution is -0.153. The lowest BCUT2D eigenvalue weighted by atomic mass is 9.66. The molecule has 0 bridgehead atoms. The summed E-state index contributed by atoms with van der Waals surface area (Å²) in [7, 11) is 0. The van der Waals surface area contributed by atoms with E-state index in [1.54, 1.807) is 4.90 Å². The second-order valence-corrected chi connectivity index (χ2v) is 5.42. The van der Waals surface area contributed by atoms with E-state index in [4.69, 9.17) is 5.11 Å². The molecule has 4 nitrogen and oxygen atoms in total. The molecule has 0 aromatic rings. The average molecular weight is 239 g/mol. The molecule has 1 saturated carbocycles. The highest BCUT2D eigenvalue weighted by atomic mass is 16.4. The van der Waals surface area contributed by atoms with Gasteiger partial charge in [0.1, 0.15) is 0 Å². The number of piperidine rings is 1. The summed E-state index contributed by atoms with van der Waals surface area (Å²) in [6, 6.07) is 0. The third-order valence-corrected chi connectivity index (χ3v) is 4.50. The van der Waals surface area contributed by atoms with Gasteiger partial charge in [0.25, 0.3) is 0 Å². The highest BCUT2D eigenvalue weighted by Gasteiger charge is 2.45. The number of nitrogens with zero attached hydrogens (tertiary/aromatic N) is 1. The highest BCUT2D eigenvalue weighted by Crippen LogP contribution is 2.45. The van der Waals surface area contributed by atoms with E-state index in [0.29, 0.717) is 13.0 Å². The Morgan fingerprint density at radius 1 is 1.35 bits per heavy atom. The first-order chi connectivity index (χ1) is 8.09. The van der Waals surface area contributed by atoms with Crippen LogP contribution >= 0.6 is 0 Å². The first-order valence-corrected chi connectivity index (χ1v) is 6.61. The van der Waals surface area contributed by atoms with Gasteiger partial charge in [-0.25, -0.2) is 0 Å². The number of hydrogen-bond acceptors (Lipinski definition) is 2. The first kappa shape index (κ1) is 12.4. The van der Waals surface area contributed by atoms with Gasteiger partial charge in [0.05, 0.1) is 5.92 Å². The van der Waals surface area contributed by atoms with E-state index in [-0.39, 0.29) is 17.2 Å². The minimum Gasteiger partial charge on any atom is -0.481 e. The van der Waals surface area contributed by atoms with Crippen molar-refractivity contribution < 1.29 is 14.7 Å². The molecule has 1 atom stereocenters. The van der Waals surface area contributed by atoms with Crippen molar-refractivity contribution in [3.8, 4) is 0 Å². The van der Waals surface area contributed by atoms with Gasteiger partial charge < -0.3 is 10.0 Å². The molecular formula is C13H21NO3. The van der Waals surface area contributed by atoms with Crippen molar-refractivity contribution in [1.29, 1.82) is 0 Å². The van der Waals surface area contributed by atoms with Crippen molar-refractivity contribution in [3.05, 3.63) is 0 Å². The van der Waals surface area contributed by atoms with Crippen LogP contribution in [0.5, 0.6) is 0 Å². The average Bonchev–Trinajstić information content (AvgIpc) is 2.28. The van der Waals surface area contributed by atoms with Crippen LogP contribution in [-0.2, 0) is 9.59 Å². The number of rotatable bonds is 3. The van der Waals surface area contributed by atoms with E-state index in [0.717, 1.165) is 38.6 Å². The van der Waals surface area contributed by atoms with Gasteiger partial charge >= 0.3 is 5.97 Å². The number of aliphatic carboxylic acids is 1. The van der Waals surface area contributed by atoms with Gasteiger partial charge in [-0.05, 0) is 32.1 Å². The Bertz CT molecular complexity index is 317. The minimum atomic E-state index is -0.762. The third-order valence-electron chi connectivity index (χ3n) is 4.50. The number of likely N-dealkylation sites (tertiary alicyclic amines) is 1. The van der Waals surface area contributed by atoms with Crippen LogP contribution in [0.15, 0.2) is 0 Å².